The molecule has 0 aliphatic heterocycles. The Labute approximate surface area is 149 Å². The molecule has 0 saturated carbocycles. The lowest BCUT2D eigenvalue weighted by Crippen LogP contribution is -2.40. The first-order valence-electron chi connectivity index (χ1n) is 7.99. The van der Waals surface area contributed by atoms with Gasteiger partial charge >= 0.3 is 12.3 Å². The monoisotopic (exact) mass is 364 g/mol. The SMILES string of the molecule is CCN(CC(COc1ccc2c(c1)n([O-])nc[n+]2=O)OC(C)=O)C(C)=O. The topological polar surface area (TPSA) is 120 Å². The van der Waals surface area contributed by atoms with Gasteiger partial charge in [-0.15, -0.1) is 0 Å². The number of aromatic nitrogens is 3. The van der Waals surface area contributed by atoms with E-state index < -0.39 is 12.1 Å². The zero-order valence-electron chi connectivity index (χ0n) is 14.7. The first-order chi connectivity index (χ1) is 12.3. The minimum absolute atomic E-state index is 0.0225. The minimum Gasteiger partial charge on any atom is -0.772 e. The molecule has 10 heteroatoms. The number of rotatable bonds is 7. The zero-order chi connectivity index (χ0) is 19.3. The molecule has 1 aromatic carbocycles. The number of carbonyl (C=O) groups excluding carboxylic acids is 2. The Morgan fingerprint density at radius 3 is 2.73 bits per heavy atom. The standard InChI is InChI=1S/C16H20N4O6/c1-4-18(11(2)21)8-14(26-12(3)22)9-25-13-5-6-15-16(7-13)20(24)17-10-19(15)23/h5-7,10,14H,4,8-9H2,1-3H3. The number of carbonyl (C=O) groups is 2. The molecular formula is C16H20N4O6. The molecule has 26 heavy (non-hydrogen) atoms. The molecule has 0 bridgehead atoms. The van der Waals surface area contributed by atoms with Gasteiger partial charge in [0.2, 0.25) is 11.4 Å². The van der Waals surface area contributed by atoms with Crippen LogP contribution in [0.1, 0.15) is 20.8 Å². The summed E-state index contributed by atoms with van der Waals surface area (Å²) in [6.45, 7) is 5.14. The van der Waals surface area contributed by atoms with Crippen molar-refractivity contribution in [3.63, 3.8) is 0 Å². The Bertz CT molecular complexity index is 865. The third-order valence-corrected chi connectivity index (χ3v) is 3.67. The van der Waals surface area contributed by atoms with Gasteiger partial charge in [0, 0.05) is 36.0 Å². The van der Waals surface area contributed by atoms with E-state index in [-0.39, 0.29) is 30.1 Å². The molecule has 0 fully saturated rings. The van der Waals surface area contributed by atoms with Crippen LogP contribution in [-0.2, 0) is 14.3 Å². The zero-order valence-corrected chi connectivity index (χ0v) is 14.7. The van der Waals surface area contributed by atoms with Crippen LogP contribution in [0.3, 0.4) is 0 Å². The molecule has 0 aliphatic carbocycles. The fourth-order valence-electron chi connectivity index (χ4n) is 2.42. The van der Waals surface area contributed by atoms with Crippen molar-refractivity contribution in [2.24, 2.45) is 0 Å². The summed E-state index contributed by atoms with van der Waals surface area (Å²) in [6, 6.07) is 4.32. The number of nitrogens with zero attached hydrogens (tertiary/aromatic N) is 4. The van der Waals surface area contributed by atoms with Crippen LogP contribution in [-0.4, -0.2) is 52.5 Å². The van der Waals surface area contributed by atoms with E-state index in [1.807, 2.05) is 6.92 Å². The van der Waals surface area contributed by atoms with E-state index >= 15 is 0 Å². The third kappa shape index (κ3) is 4.68. The largest absolute Gasteiger partial charge is 0.772 e. The number of benzene rings is 1. The van der Waals surface area contributed by atoms with Crippen molar-refractivity contribution in [2.75, 3.05) is 19.7 Å². The summed E-state index contributed by atoms with van der Waals surface area (Å²) in [7, 11) is 0. The molecule has 1 aromatic heterocycles. The van der Waals surface area contributed by atoms with Gasteiger partial charge in [-0.3, -0.25) is 9.59 Å². The summed E-state index contributed by atoms with van der Waals surface area (Å²) in [4.78, 5) is 36.3. The molecule has 2 rings (SSSR count). The Morgan fingerprint density at radius 2 is 2.12 bits per heavy atom. The summed E-state index contributed by atoms with van der Waals surface area (Å²) < 4.78 is 11.3. The van der Waals surface area contributed by atoms with Crippen LogP contribution in [0.25, 0.3) is 11.0 Å². The van der Waals surface area contributed by atoms with Crippen LogP contribution in [0.4, 0.5) is 0 Å². The van der Waals surface area contributed by atoms with E-state index in [0.717, 1.165) is 6.33 Å². The van der Waals surface area contributed by atoms with Crippen LogP contribution in [0.5, 0.6) is 5.75 Å². The molecular weight excluding hydrogens is 344 g/mol. The molecule has 0 aliphatic rings. The maximum atomic E-state index is 11.7. The van der Waals surface area contributed by atoms with Gasteiger partial charge in [0.05, 0.1) is 6.54 Å². The van der Waals surface area contributed by atoms with E-state index in [4.69, 9.17) is 9.47 Å². The second-order valence-electron chi connectivity index (χ2n) is 5.58. The smallest absolute Gasteiger partial charge is 0.356 e. The number of hydrogen-bond acceptors (Lipinski definition) is 7. The Balaban J connectivity index is 2.15. The fraction of sp³-hybridized carbons (Fsp3) is 0.438. The van der Waals surface area contributed by atoms with Crippen molar-refractivity contribution in [3.8, 4) is 5.75 Å². The number of amides is 1. The van der Waals surface area contributed by atoms with E-state index in [9.17, 15) is 19.7 Å². The molecule has 0 radical (unpaired) electrons. The van der Waals surface area contributed by atoms with E-state index in [1.165, 1.54) is 36.9 Å². The second-order valence-corrected chi connectivity index (χ2v) is 5.58. The lowest BCUT2D eigenvalue weighted by molar-refractivity contribution is -0.469. The van der Waals surface area contributed by atoms with E-state index in [0.29, 0.717) is 21.6 Å². The average molecular weight is 364 g/mol. The van der Waals surface area contributed by atoms with Gasteiger partial charge in [-0.1, -0.05) is 4.91 Å². The molecule has 0 spiro atoms. The van der Waals surface area contributed by atoms with Crippen LogP contribution in [0.15, 0.2) is 24.5 Å². The van der Waals surface area contributed by atoms with E-state index in [1.54, 1.807) is 0 Å². The normalized spacial score (nSPS) is 11.8. The second kappa shape index (κ2) is 8.28. The molecule has 1 amide bonds. The van der Waals surface area contributed by atoms with Gasteiger partial charge in [0.1, 0.15) is 17.9 Å². The van der Waals surface area contributed by atoms with Crippen molar-refractivity contribution in [1.82, 2.24) is 14.8 Å². The lowest BCUT2D eigenvalue weighted by Gasteiger charge is -2.25. The highest BCUT2D eigenvalue weighted by Gasteiger charge is 2.19. The minimum atomic E-state index is -0.676. The molecule has 10 nitrogen and oxygen atoms in total. The number of likely N-dealkylation sites (N-methyl/N-ethyl adjacent to an activating group) is 1. The number of fused-ring (bicyclic) bond motifs is 1. The predicted molar refractivity (Wildman–Crippen MR) is 90.8 cm³/mol. The predicted octanol–water partition coefficient (Wildman–Crippen LogP) is 0.476. The maximum Gasteiger partial charge on any atom is 0.356 e. The first kappa shape index (κ1) is 19.2. The first-order valence-corrected chi connectivity index (χ1v) is 7.99. The van der Waals surface area contributed by atoms with Crippen LogP contribution >= 0.6 is 0 Å². The van der Waals surface area contributed by atoms with Gasteiger partial charge in [0.25, 0.3) is 0 Å². The van der Waals surface area contributed by atoms with Gasteiger partial charge in [0.15, 0.2) is 6.10 Å². The lowest BCUT2D eigenvalue weighted by atomic mass is 10.3. The van der Waals surface area contributed by atoms with Crippen LogP contribution < -0.4 is 9.16 Å². The van der Waals surface area contributed by atoms with Gasteiger partial charge in [-0.2, -0.15) is 4.85 Å². The Morgan fingerprint density at radius 1 is 1.38 bits per heavy atom. The molecule has 1 unspecified atom stereocenters. The average Bonchev–Trinajstić information content (AvgIpc) is 2.59. The van der Waals surface area contributed by atoms with Gasteiger partial charge < -0.3 is 19.6 Å². The highest BCUT2D eigenvalue weighted by atomic mass is 16.6. The fourth-order valence-corrected chi connectivity index (χ4v) is 2.42. The molecule has 2 aromatic rings. The Kier molecular flexibility index (Phi) is 6.10. The quantitative estimate of drug-likeness (QED) is 0.517. The van der Waals surface area contributed by atoms with Gasteiger partial charge in [-0.05, 0) is 19.1 Å². The number of hydrogen-bond donors (Lipinski definition) is 0. The van der Waals surface area contributed by atoms with Crippen molar-refractivity contribution in [3.05, 3.63) is 34.6 Å². The summed E-state index contributed by atoms with van der Waals surface area (Å²) >= 11 is 0. The van der Waals surface area contributed by atoms with Crippen molar-refractivity contribution in [2.45, 2.75) is 26.9 Å². The molecule has 140 valence electrons. The molecule has 1 heterocycles. The maximum absolute atomic E-state index is 11.7. The summed E-state index contributed by atoms with van der Waals surface area (Å²) in [6.07, 6.45) is 0.193. The molecule has 0 N–H and O–H groups in total. The van der Waals surface area contributed by atoms with Crippen molar-refractivity contribution < 1.29 is 23.5 Å². The Hall–Kier alpha value is -3.17. The highest BCUT2D eigenvalue weighted by Crippen LogP contribution is 2.17. The summed E-state index contributed by atoms with van der Waals surface area (Å²) in [5, 5.41) is 15.1. The van der Waals surface area contributed by atoms with Crippen LogP contribution in [0, 0.1) is 10.1 Å². The summed E-state index contributed by atoms with van der Waals surface area (Å²) in [5.41, 5.74) is 0.190. The molecule has 0 saturated heterocycles. The van der Waals surface area contributed by atoms with Crippen molar-refractivity contribution >= 4 is 22.9 Å². The van der Waals surface area contributed by atoms with Crippen molar-refractivity contribution in [1.29, 1.82) is 0 Å². The van der Waals surface area contributed by atoms with E-state index in [2.05, 4.69) is 5.10 Å². The third-order valence-electron chi connectivity index (χ3n) is 3.67. The number of ether oxygens (including phenoxy) is 2. The van der Waals surface area contributed by atoms with Crippen LogP contribution in [0.2, 0.25) is 0 Å². The highest BCUT2D eigenvalue weighted by molar-refractivity contribution is 5.73. The van der Waals surface area contributed by atoms with Gasteiger partial charge in [-0.25, -0.2) is 0 Å². The summed E-state index contributed by atoms with van der Waals surface area (Å²) in [5.74, 6) is -0.335. The molecule has 1 atom stereocenters. The number of esters is 1.